The Morgan fingerprint density at radius 2 is 0.941 bits per heavy atom. The van der Waals surface area contributed by atoms with Gasteiger partial charge in [0.2, 0.25) is 0 Å². The fourth-order valence-corrected chi connectivity index (χ4v) is 3.62. The average molecular weight is 489 g/mol. The number of hydrogen-bond donors (Lipinski definition) is 0. The Labute approximate surface area is 210 Å². The van der Waals surface area contributed by atoms with Crippen molar-refractivity contribution in [1.82, 2.24) is 0 Å². The van der Waals surface area contributed by atoms with Crippen molar-refractivity contribution in [2.24, 2.45) is 0 Å². The smallest absolute Gasteiger partial charge is 0.306 e. The third-order valence-electron chi connectivity index (χ3n) is 5.72. The highest BCUT2D eigenvalue weighted by atomic mass is 16.6. The standard InChI is InChI=1S/C28H56O6/c1-4-6-8-10-11-12-13-15-19-30-21-23-32-25-26-33-24-22-31-20-16-18-28(29)34-27(3)17-14-9-7-5-2/h27H,4-26H2,1-3H3. The summed E-state index contributed by atoms with van der Waals surface area (Å²) in [6, 6.07) is 0. The Morgan fingerprint density at radius 3 is 1.47 bits per heavy atom. The van der Waals surface area contributed by atoms with Gasteiger partial charge in [-0.25, -0.2) is 0 Å². The highest BCUT2D eigenvalue weighted by Crippen LogP contribution is 2.09. The van der Waals surface area contributed by atoms with Crippen LogP contribution in [0, 0.1) is 0 Å². The van der Waals surface area contributed by atoms with E-state index in [1.54, 1.807) is 0 Å². The molecule has 6 nitrogen and oxygen atoms in total. The number of ether oxygens (including phenoxy) is 5. The normalized spacial score (nSPS) is 12.2. The zero-order valence-corrected chi connectivity index (χ0v) is 22.8. The fraction of sp³-hybridized carbons (Fsp3) is 0.964. The van der Waals surface area contributed by atoms with Gasteiger partial charge in [0.25, 0.3) is 0 Å². The number of unbranched alkanes of at least 4 members (excludes halogenated alkanes) is 10. The van der Waals surface area contributed by atoms with Crippen molar-refractivity contribution in [1.29, 1.82) is 0 Å². The van der Waals surface area contributed by atoms with E-state index in [0.29, 0.717) is 59.1 Å². The molecule has 0 aromatic rings. The molecule has 6 heteroatoms. The van der Waals surface area contributed by atoms with E-state index in [-0.39, 0.29) is 12.1 Å². The Morgan fingerprint density at radius 1 is 0.529 bits per heavy atom. The molecule has 0 spiro atoms. The topological polar surface area (TPSA) is 63.2 Å². The summed E-state index contributed by atoms with van der Waals surface area (Å²) < 4.78 is 27.6. The van der Waals surface area contributed by atoms with Crippen molar-refractivity contribution in [3.63, 3.8) is 0 Å². The molecule has 1 unspecified atom stereocenters. The van der Waals surface area contributed by atoms with Crippen LogP contribution >= 0.6 is 0 Å². The maximum Gasteiger partial charge on any atom is 0.306 e. The van der Waals surface area contributed by atoms with Crippen LogP contribution in [-0.2, 0) is 28.5 Å². The van der Waals surface area contributed by atoms with Crippen molar-refractivity contribution >= 4 is 5.97 Å². The van der Waals surface area contributed by atoms with Crippen molar-refractivity contribution in [2.75, 3.05) is 52.9 Å². The zero-order chi connectivity index (χ0) is 25.0. The molecule has 0 rings (SSSR count). The molecule has 204 valence electrons. The van der Waals surface area contributed by atoms with E-state index in [9.17, 15) is 4.79 Å². The van der Waals surface area contributed by atoms with Crippen molar-refractivity contribution in [2.45, 2.75) is 123 Å². The first-order chi connectivity index (χ1) is 16.7. The summed E-state index contributed by atoms with van der Waals surface area (Å²) in [5.74, 6) is -0.123. The molecule has 34 heavy (non-hydrogen) atoms. The van der Waals surface area contributed by atoms with Crippen LogP contribution in [0.5, 0.6) is 0 Å². The largest absolute Gasteiger partial charge is 0.463 e. The summed E-state index contributed by atoms with van der Waals surface area (Å²) in [7, 11) is 0. The van der Waals surface area contributed by atoms with Gasteiger partial charge in [-0.1, -0.05) is 78.1 Å². The van der Waals surface area contributed by atoms with Crippen LogP contribution in [0.3, 0.4) is 0 Å². The first kappa shape index (κ1) is 33.3. The van der Waals surface area contributed by atoms with E-state index in [2.05, 4.69) is 13.8 Å². The average Bonchev–Trinajstić information content (AvgIpc) is 2.82. The molecule has 0 saturated heterocycles. The summed E-state index contributed by atoms with van der Waals surface area (Å²) in [6.07, 6.45) is 17.5. The van der Waals surface area contributed by atoms with Gasteiger partial charge < -0.3 is 23.7 Å². The quantitative estimate of drug-likeness (QED) is 0.0884. The molecule has 0 aromatic heterocycles. The number of hydrogen-bond acceptors (Lipinski definition) is 6. The molecule has 0 aromatic carbocycles. The van der Waals surface area contributed by atoms with E-state index < -0.39 is 0 Å². The van der Waals surface area contributed by atoms with E-state index in [1.165, 1.54) is 64.2 Å². The molecule has 0 N–H and O–H groups in total. The lowest BCUT2D eigenvalue weighted by atomic mass is 10.1. The van der Waals surface area contributed by atoms with Gasteiger partial charge in [0.15, 0.2) is 0 Å². The molecule has 0 saturated carbocycles. The number of carbonyl (C=O) groups is 1. The second kappa shape index (κ2) is 28.5. The summed E-state index contributed by atoms with van der Waals surface area (Å²) in [5.41, 5.74) is 0. The predicted octanol–water partition coefficient (Wildman–Crippen LogP) is 6.88. The summed E-state index contributed by atoms with van der Waals surface area (Å²) >= 11 is 0. The van der Waals surface area contributed by atoms with Crippen molar-refractivity contribution in [3.05, 3.63) is 0 Å². The van der Waals surface area contributed by atoms with Crippen LogP contribution in [0.15, 0.2) is 0 Å². The molecule has 0 aliphatic heterocycles. The van der Waals surface area contributed by atoms with Gasteiger partial charge in [0.05, 0.1) is 45.7 Å². The van der Waals surface area contributed by atoms with Gasteiger partial charge >= 0.3 is 5.97 Å². The third kappa shape index (κ3) is 27.6. The van der Waals surface area contributed by atoms with Gasteiger partial charge in [-0.15, -0.1) is 0 Å². The van der Waals surface area contributed by atoms with Crippen molar-refractivity contribution in [3.8, 4) is 0 Å². The minimum Gasteiger partial charge on any atom is -0.463 e. The molecular formula is C28H56O6. The molecule has 0 radical (unpaired) electrons. The Kier molecular flexibility index (Phi) is 28.0. The van der Waals surface area contributed by atoms with Crippen LogP contribution in [0.4, 0.5) is 0 Å². The second-order valence-electron chi connectivity index (χ2n) is 9.18. The molecule has 1 atom stereocenters. The van der Waals surface area contributed by atoms with Crippen molar-refractivity contribution < 1.29 is 28.5 Å². The Hall–Kier alpha value is -0.690. The van der Waals surface area contributed by atoms with E-state index in [0.717, 1.165) is 25.9 Å². The van der Waals surface area contributed by atoms with E-state index in [1.807, 2.05) is 6.92 Å². The lowest BCUT2D eigenvalue weighted by Gasteiger charge is -2.13. The van der Waals surface area contributed by atoms with E-state index in [4.69, 9.17) is 23.7 Å². The van der Waals surface area contributed by atoms with Crippen LogP contribution in [0.1, 0.15) is 117 Å². The maximum atomic E-state index is 11.8. The monoisotopic (exact) mass is 488 g/mol. The molecule has 0 fully saturated rings. The van der Waals surface area contributed by atoms with Crippen LogP contribution in [0.2, 0.25) is 0 Å². The highest BCUT2D eigenvalue weighted by molar-refractivity contribution is 5.69. The van der Waals surface area contributed by atoms with Gasteiger partial charge in [-0.3, -0.25) is 4.79 Å². The number of rotatable bonds is 28. The van der Waals surface area contributed by atoms with Crippen LogP contribution in [0.25, 0.3) is 0 Å². The fourth-order valence-electron chi connectivity index (χ4n) is 3.62. The molecule has 0 aliphatic carbocycles. The maximum absolute atomic E-state index is 11.8. The molecule has 0 aliphatic rings. The predicted molar refractivity (Wildman–Crippen MR) is 139 cm³/mol. The number of carbonyl (C=O) groups excluding carboxylic acids is 1. The molecular weight excluding hydrogens is 432 g/mol. The van der Waals surface area contributed by atoms with Gasteiger partial charge in [0, 0.05) is 19.6 Å². The Balaban J connectivity index is 3.18. The molecule has 0 heterocycles. The van der Waals surface area contributed by atoms with Gasteiger partial charge in [-0.2, -0.15) is 0 Å². The second-order valence-corrected chi connectivity index (χ2v) is 9.18. The lowest BCUT2D eigenvalue weighted by molar-refractivity contribution is -0.149. The molecule has 0 bridgehead atoms. The highest BCUT2D eigenvalue weighted by Gasteiger charge is 2.09. The Bertz CT molecular complexity index is 404. The van der Waals surface area contributed by atoms with Gasteiger partial charge in [0.1, 0.15) is 0 Å². The third-order valence-corrected chi connectivity index (χ3v) is 5.72. The minimum absolute atomic E-state index is 0.0161. The summed E-state index contributed by atoms with van der Waals surface area (Å²) in [6.45, 7) is 11.3. The minimum atomic E-state index is -0.123. The zero-order valence-electron chi connectivity index (χ0n) is 22.8. The van der Waals surface area contributed by atoms with Crippen LogP contribution in [-0.4, -0.2) is 64.9 Å². The first-order valence-electron chi connectivity index (χ1n) is 14.2. The summed E-state index contributed by atoms with van der Waals surface area (Å²) in [5, 5.41) is 0. The first-order valence-corrected chi connectivity index (χ1v) is 14.2. The number of esters is 1. The lowest BCUT2D eigenvalue weighted by Crippen LogP contribution is -2.15. The molecule has 0 amide bonds. The van der Waals surface area contributed by atoms with E-state index >= 15 is 0 Å². The van der Waals surface area contributed by atoms with Crippen LogP contribution < -0.4 is 0 Å². The van der Waals surface area contributed by atoms with Gasteiger partial charge in [-0.05, 0) is 32.6 Å². The SMILES string of the molecule is CCCCCCCCCCOCCOCCOCCOCCCC(=O)OC(C)CCCCCC. The summed E-state index contributed by atoms with van der Waals surface area (Å²) in [4.78, 5) is 11.8.